The number of nitrogens with one attached hydrogen (secondary N) is 1. The van der Waals surface area contributed by atoms with Gasteiger partial charge in [0.25, 0.3) is 0 Å². The molecule has 5 heteroatoms. The molecule has 1 aliphatic heterocycles. The lowest BCUT2D eigenvalue weighted by molar-refractivity contribution is 0.228. The first-order valence-electron chi connectivity index (χ1n) is 7.19. The number of urea groups is 1. The molecule has 0 aromatic heterocycles. The van der Waals surface area contributed by atoms with Gasteiger partial charge in [-0.3, -0.25) is 4.90 Å². The van der Waals surface area contributed by atoms with E-state index in [9.17, 15) is 4.79 Å². The van der Waals surface area contributed by atoms with Crippen molar-refractivity contribution in [2.45, 2.75) is 13.5 Å². The minimum atomic E-state index is -0.204. The Labute approximate surface area is 145 Å². The van der Waals surface area contributed by atoms with E-state index in [-0.39, 0.29) is 6.03 Å². The van der Waals surface area contributed by atoms with Crippen molar-refractivity contribution in [3.8, 4) is 0 Å². The van der Waals surface area contributed by atoms with Gasteiger partial charge in [-0.05, 0) is 41.8 Å². The third-order valence-corrected chi connectivity index (χ3v) is 4.40. The quantitative estimate of drug-likeness (QED) is 0.656. The molecular formula is C18H15ClN2OS. The molecular weight excluding hydrogens is 328 g/mol. The zero-order valence-electron chi connectivity index (χ0n) is 12.5. The SMILES string of the molecule is Cc1ccccc1/C=C1\NC(=O)N(Cc2ccc(Cl)cc2)C1=S. The van der Waals surface area contributed by atoms with Crippen molar-refractivity contribution in [1.82, 2.24) is 10.2 Å². The van der Waals surface area contributed by atoms with Gasteiger partial charge in [0.2, 0.25) is 0 Å². The zero-order valence-corrected chi connectivity index (χ0v) is 14.1. The number of benzene rings is 2. The maximum atomic E-state index is 12.2. The van der Waals surface area contributed by atoms with Crippen LogP contribution < -0.4 is 5.32 Å². The molecule has 0 saturated carbocycles. The number of thiocarbonyl (C=S) groups is 1. The minimum Gasteiger partial charge on any atom is -0.305 e. The van der Waals surface area contributed by atoms with Crippen molar-refractivity contribution in [1.29, 1.82) is 0 Å². The molecule has 23 heavy (non-hydrogen) atoms. The highest BCUT2D eigenvalue weighted by molar-refractivity contribution is 7.80. The predicted octanol–water partition coefficient (Wildman–Crippen LogP) is 4.54. The van der Waals surface area contributed by atoms with E-state index in [0.717, 1.165) is 16.7 Å². The Morgan fingerprint density at radius 2 is 1.87 bits per heavy atom. The summed E-state index contributed by atoms with van der Waals surface area (Å²) in [7, 11) is 0. The summed E-state index contributed by atoms with van der Waals surface area (Å²) in [5, 5.41) is 3.51. The highest BCUT2D eigenvalue weighted by Crippen LogP contribution is 2.20. The van der Waals surface area contributed by atoms with Crippen LogP contribution in [0.5, 0.6) is 0 Å². The molecule has 0 radical (unpaired) electrons. The smallest absolute Gasteiger partial charge is 0.305 e. The van der Waals surface area contributed by atoms with Gasteiger partial charge in [-0.2, -0.15) is 0 Å². The molecule has 0 unspecified atom stereocenters. The van der Waals surface area contributed by atoms with E-state index >= 15 is 0 Å². The van der Waals surface area contributed by atoms with Gasteiger partial charge >= 0.3 is 6.03 Å². The van der Waals surface area contributed by atoms with E-state index in [2.05, 4.69) is 5.32 Å². The summed E-state index contributed by atoms with van der Waals surface area (Å²) >= 11 is 11.3. The standard InChI is InChI=1S/C18H15ClN2OS/c1-12-4-2-3-5-14(12)10-16-17(23)21(18(22)20-16)11-13-6-8-15(19)9-7-13/h2-10H,11H2,1H3,(H,20,22)/b16-10-. The maximum absolute atomic E-state index is 12.2. The van der Waals surface area contributed by atoms with Crippen LogP contribution in [-0.2, 0) is 6.54 Å². The number of amides is 2. The second-order valence-electron chi connectivity index (χ2n) is 5.36. The normalized spacial score (nSPS) is 16.1. The minimum absolute atomic E-state index is 0.204. The average molecular weight is 343 g/mol. The number of hydrogen-bond donors (Lipinski definition) is 1. The van der Waals surface area contributed by atoms with Gasteiger partial charge in [0, 0.05) is 5.02 Å². The Hall–Kier alpha value is -2.17. The van der Waals surface area contributed by atoms with E-state index in [1.807, 2.05) is 49.4 Å². The van der Waals surface area contributed by atoms with Gasteiger partial charge in [0.05, 0.1) is 12.2 Å². The van der Waals surface area contributed by atoms with Crippen molar-refractivity contribution in [2.24, 2.45) is 0 Å². The van der Waals surface area contributed by atoms with Crippen molar-refractivity contribution in [2.75, 3.05) is 0 Å². The van der Waals surface area contributed by atoms with Gasteiger partial charge in [-0.15, -0.1) is 0 Å². The van der Waals surface area contributed by atoms with Crippen LogP contribution in [0.4, 0.5) is 4.79 Å². The van der Waals surface area contributed by atoms with Crippen LogP contribution in [0.3, 0.4) is 0 Å². The van der Waals surface area contributed by atoms with Crippen LogP contribution in [0.25, 0.3) is 6.08 Å². The molecule has 3 nitrogen and oxygen atoms in total. The third-order valence-electron chi connectivity index (χ3n) is 3.70. The van der Waals surface area contributed by atoms with Crippen molar-refractivity contribution in [3.63, 3.8) is 0 Å². The number of carbonyl (C=O) groups is 1. The van der Waals surface area contributed by atoms with Crippen molar-refractivity contribution >= 4 is 40.9 Å². The van der Waals surface area contributed by atoms with Gasteiger partial charge in [-0.1, -0.05) is 60.2 Å². The van der Waals surface area contributed by atoms with Gasteiger partial charge in [0.15, 0.2) is 0 Å². The molecule has 1 aliphatic rings. The topological polar surface area (TPSA) is 32.3 Å². The Morgan fingerprint density at radius 3 is 2.57 bits per heavy atom. The zero-order chi connectivity index (χ0) is 16.4. The first kappa shape index (κ1) is 15.7. The second kappa shape index (κ2) is 6.52. The molecule has 1 N–H and O–H groups in total. The molecule has 2 aromatic rings. The average Bonchev–Trinajstić information content (AvgIpc) is 2.79. The lowest BCUT2D eigenvalue weighted by atomic mass is 10.1. The summed E-state index contributed by atoms with van der Waals surface area (Å²) in [4.78, 5) is 14.3. The number of carbonyl (C=O) groups excluding carboxylic acids is 1. The summed E-state index contributed by atoms with van der Waals surface area (Å²) < 4.78 is 0. The maximum Gasteiger partial charge on any atom is 0.327 e. The fourth-order valence-corrected chi connectivity index (χ4v) is 2.78. The number of aryl methyl sites for hydroxylation is 1. The largest absolute Gasteiger partial charge is 0.327 e. The monoisotopic (exact) mass is 342 g/mol. The molecule has 0 spiro atoms. The number of nitrogens with zero attached hydrogens (tertiary/aromatic N) is 1. The summed E-state index contributed by atoms with van der Waals surface area (Å²) in [5.41, 5.74) is 3.81. The fourth-order valence-electron chi connectivity index (χ4n) is 2.39. The summed E-state index contributed by atoms with van der Waals surface area (Å²) in [6.45, 7) is 2.45. The lowest BCUT2D eigenvalue weighted by Crippen LogP contribution is -2.29. The van der Waals surface area contributed by atoms with E-state index in [0.29, 0.717) is 22.3 Å². The molecule has 1 saturated heterocycles. The molecule has 0 bridgehead atoms. The molecule has 116 valence electrons. The van der Waals surface area contributed by atoms with Gasteiger partial charge in [-0.25, -0.2) is 4.79 Å². The Morgan fingerprint density at radius 1 is 1.17 bits per heavy atom. The molecule has 0 aliphatic carbocycles. The second-order valence-corrected chi connectivity index (χ2v) is 6.19. The van der Waals surface area contributed by atoms with Gasteiger partial charge < -0.3 is 5.32 Å². The van der Waals surface area contributed by atoms with Gasteiger partial charge in [0.1, 0.15) is 4.99 Å². The van der Waals surface area contributed by atoms with E-state index in [4.69, 9.17) is 23.8 Å². The molecule has 1 fully saturated rings. The van der Waals surface area contributed by atoms with Crippen LogP contribution in [0.15, 0.2) is 54.2 Å². The fraction of sp³-hybridized carbons (Fsp3) is 0.111. The third kappa shape index (κ3) is 3.44. The highest BCUT2D eigenvalue weighted by atomic mass is 35.5. The molecule has 1 heterocycles. The summed E-state index contributed by atoms with van der Waals surface area (Å²) in [6.07, 6.45) is 1.91. The van der Waals surface area contributed by atoms with Crippen molar-refractivity contribution in [3.05, 3.63) is 75.9 Å². The molecule has 2 aromatic carbocycles. The Balaban J connectivity index is 1.82. The number of hydrogen-bond acceptors (Lipinski definition) is 2. The van der Waals surface area contributed by atoms with Crippen LogP contribution >= 0.6 is 23.8 Å². The Bertz CT molecular complexity index is 799. The molecule has 2 amide bonds. The Kier molecular flexibility index (Phi) is 4.46. The van der Waals surface area contributed by atoms with Crippen LogP contribution in [0.2, 0.25) is 5.02 Å². The van der Waals surface area contributed by atoms with E-state index < -0.39 is 0 Å². The predicted molar refractivity (Wildman–Crippen MR) is 97.3 cm³/mol. The number of halogens is 1. The van der Waals surface area contributed by atoms with E-state index in [1.54, 1.807) is 17.0 Å². The molecule has 3 rings (SSSR count). The van der Waals surface area contributed by atoms with E-state index in [1.165, 1.54) is 0 Å². The van der Waals surface area contributed by atoms with Crippen LogP contribution in [-0.4, -0.2) is 15.9 Å². The summed E-state index contributed by atoms with van der Waals surface area (Å²) in [5.74, 6) is 0. The first-order valence-corrected chi connectivity index (χ1v) is 7.98. The summed E-state index contributed by atoms with van der Waals surface area (Å²) in [6, 6.07) is 15.2. The van der Waals surface area contributed by atoms with Crippen molar-refractivity contribution < 1.29 is 4.79 Å². The van der Waals surface area contributed by atoms with Crippen LogP contribution in [0.1, 0.15) is 16.7 Å². The molecule has 0 atom stereocenters. The first-order chi connectivity index (χ1) is 11.0. The highest BCUT2D eigenvalue weighted by Gasteiger charge is 2.30. The lowest BCUT2D eigenvalue weighted by Gasteiger charge is -2.14. The number of rotatable bonds is 3. The van der Waals surface area contributed by atoms with Crippen LogP contribution in [0, 0.1) is 6.92 Å².